The Morgan fingerprint density at radius 3 is 2.61 bits per heavy atom. The van der Waals surface area contributed by atoms with Gasteiger partial charge in [0.25, 0.3) is 5.91 Å². The van der Waals surface area contributed by atoms with Gasteiger partial charge in [0.1, 0.15) is 10.8 Å². The van der Waals surface area contributed by atoms with E-state index in [1.54, 1.807) is 18.5 Å². The lowest BCUT2D eigenvalue weighted by molar-refractivity contribution is 0.0742. The summed E-state index contributed by atoms with van der Waals surface area (Å²) < 4.78 is 0. The zero-order valence-electron chi connectivity index (χ0n) is 12.8. The van der Waals surface area contributed by atoms with E-state index in [0.717, 1.165) is 23.9 Å². The molecule has 0 bridgehead atoms. The Morgan fingerprint density at radius 1 is 1.17 bits per heavy atom. The van der Waals surface area contributed by atoms with Crippen LogP contribution in [0.25, 0.3) is 0 Å². The number of aromatic nitrogens is 2. The quantitative estimate of drug-likeness (QED) is 0.798. The summed E-state index contributed by atoms with van der Waals surface area (Å²) in [7, 11) is 0. The summed E-state index contributed by atoms with van der Waals surface area (Å²) in [4.78, 5) is 25.3. The highest BCUT2D eigenvalue weighted by Gasteiger charge is 2.24. The zero-order chi connectivity index (χ0) is 16.2. The standard InChI is InChI=1S/C16H17ClN4OS/c1-23-15-13(3-2-6-18-15)16(22)21-9-7-20(8-10-21)14-5-4-12(17)11-19-14/h2-6,11H,7-10H2,1H3. The first kappa shape index (κ1) is 16.1. The van der Waals surface area contributed by atoms with Crippen molar-refractivity contribution in [3.63, 3.8) is 0 Å². The fourth-order valence-corrected chi connectivity index (χ4v) is 3.23. The third-order valence-corrected chi connectivity index (χ3v) is 4.73. The Morgan fingerprint density at radius 2 is 1.96 bits per heavy atom. The number of carbonyl (C=O) groups excluding carboxylic acids is 1. The molecule has 3 rings (SSSR count). The average Bonchev–Trinajstić information content (AvgIpc) is 2.62. The number of anilines is 1. The predicted molar refractivity (Wildman–Crippen MR) is 93.4 cm³/mol. The number of nitrogens with zero attached hydrogens (tertiary/aromatic N) is 4. The molecule has 1 saturated heterocycles. The van der Waals surface area contributed by atoms with Crippen molar-refractivity contribution in [2.24, 2.45) is 0 Å². The summed E-state index contributed by atoms with van der Waals surface area (Å²) in [6.07, 6.45) is 5.30. The van der Waals surface area contributed by atoms with Gasteiger partial charge in [0.2, 0.25) is 0 Å². The SMILES string of the molecule is CSc1ncccc1C(=O)N1CCN(c2ccc(Cl)cn2)CC1. The number of pyridine rings is 2. The summed E-state index contributed by atoms with van der Waals surface area (Å²) in [6, 6.07) is 7.39. The molecule has 0 atom stereocenters. The molecule has 3 heterocycles. The molecule has 0 N–H and O–H groups in total. The number of thioether (sulfide) groups is 1. The monoisotopic (exact) mass is 348 g/mol. The molecule has 2 aromatic heterocycles. The van der Waals surface area contributed by atoms with E-state index in [-0.39, 0.29) is 5.91 Å². The zero-order valence-corrected chi connectivity index (χ0v) is 14.3. The molecule has 5 nitrogen and oxygen atoms in total. The molecular formula is C16H17ClN4OS. The molecule has 7 heteroatoms. The van der Waals surface area contributed by atoms with Crippen LogP contribution in [0.2, 0.25) is 5.02 Å². The molecule has 1 fully saturated rings. The Kier molecular flexibility index (Phi) is 5.03. The van der Waals surface area contributed by atoms with Gasteiger partial charge in [0.05, 0.1) is 10.6 Å². The van der Waals surface area contributed by atoms with Gasteiger partial charge < -0.3 is 9.80 Å². The van der Waals surface area contributed by atoms with E-state index in [2.05, 4.69) is 14.9 Å². The average molecular weight is 349 g/mol. The van der Waals surface area contributed by atoms with Crippen LogP contribution in [0.4, 0.5) is 5.82 Å². The number of carbonyl (C=O) groups is 1. The van der Waals surface area contributed by atoms with Crippen molar-refractivity contribution in [2.45, 2.75) is 5.03 Å². The topological polar surface area (TPSA) is 49.3 Å². The van der Waals surface area contributed by atoms with E-state index >= 15 is 0 Å². The predicted octanol–water partition coefficient (Wildman–Crippen LogP) is 2.81. The van der Waals surface area contributed by atoms with E-state index in [9.17, 15) is 4.79 Å². The van der Waals surface area contributed by atoms with Crippen LogP contribution in [-0.2, 0) is 0 Å². The maximum atomic E-state index is 12.7. The second kappa shape index (κ2) is 7.19. The normalized spacial score (nSPS) is 14.9. The first-order chi connectivity index (χ1) is 11.2. The molecule has 1 amide bonds. The summed E-state index contributed by atoms with van der Waals surface area (Å²) >= 11 is 7.36. The smallest absolute Gasteiger partial charge is 0.256 e. The highest BCUT2D eigenvalue weighted by molar-refractivity contribution is 7.98. The van der Waals surface area contributed by atoms with E-state index in [4.69, 9.17) is 11.6 Å². The van der Waals surface area contributed by atoms with Crippen molar-refractivity contribution in [1.82, 2.24) is 14.9 Å². The van der Waals surface area contributed by atoms with Gasteiger partial charge in [-0.3, -0.25) is 4.79 Å². The molecule has 0 saturated carbocycles. The Hall–Kier alpha value is -1.79. The van der Waals surface area contributed by atoms with Crippen LogP contribution in [0.5, 0.6) is 0 Å². The van der Waals surface area contributed by atoms with Crippen LogP contribution in [0.1, 0.15) is 10.4 Å². The molecule has 0 aliphatic carbocycles. The molecule has 120 valence electrons. The van der Waals surface area contributed by atoms with Gasteiger partial charge in [-0.1, -0.05) is 11.6 Å². The fourth-order valence-electron chi connectivity index (χ4n) is 2.58. The van der Waals surface area contributed by atoms with Crippen molar-refractivity contribution in [2.75, 3.05) is 37.3 Å². The molecule has 1 aliphatic rings. The largest absolute Gasteiger partial charge is 0.353 e. The van der Waals surface area contributed by atoms with Crippen LogP contribution < -0.4 is 4.90 Å². The van der Waals surface area contributed by atoms with Crippen LogP contribution in [0.15, 0.2) is 41.7 Å². The minimum absolute atomic E-state index is 0.0474. The molecule has 0 spiro atoms. The molecule has 0 unspecified atom stereocenters. The van der Waals surface area contributed by atoms with Gasteiger partial charge in [-0.2, -0.15) is 0 Å². The van der Waals surface area contributed by atoms with Crippen molar-refractivity contribution < 1.29 is 4.79 Å². The number of rotatable bonds is 3. The fraction of sp³-hybridized carbons (Fsp3) is 0.312. The number of halogens is 1. The van der Waals surface area contributed by atoms with Gasteiger partial charge in [-0.15, -0.1) is 11.8 Å². The van der Waals surface area contributed by atoms with Crippen LogP contribution >= 0.6 is 23.4 Å². The van der Waals surface area contributed by atoms with E-state index < -0.39 is 0 Å². The number of hydrogen-bond acceptors (Lipinski definition) is 5. The second-order valence-electron chi connectivity index (χ2n) is 5.17. The molecular weight excluding hydrogens is 332 g/mol. The molecule has 0 aromatic carbocycles. The lowest BCUT2D eigenvalue weighted by Gasteiger charge is -2.35. The number of hydrogen-bond donors (Lipinski definition) is 0. The first-order valence-corrected chi connectivity index (χ1v) is 8.94. The van der Waals surface area contributed by atoms with Crippen LogP contribution in [0.3, 0.4) is 0 Å². The molecule has 2 aromatic rings. The van der Waals surface area contributed by atoms with Crippen molar-refractivity contribution in [3.05, 3.63) is 47.2 Å². The number of amides is 1. The van der Waals surface area contributed by atoms with Gasteiger partial charge in [-0.05, 0) is 30.5 Å². The van der Waals surface area contributed by atoms with Crippen molar-refractivity contribution in [1.29, 1.82) is 0 Å². The van der Waals surface area contributed by atoms with E-state index in [1.807, 2.05) is 29.4 Å². The minimum Gasteiger partial charge on any atom is -0.353 e. The highest BCUT2D eigenvalue weighted by atomic mass is 35.5. The maximum Gasteiger partial charge on any atom is 0.256 e. The molecule has 1 aliphatic heterocycles. The Balaban J connectivity index is 1.66. The Labute approximate surface area is 144 Å². The summed E-state index contributed by atoms with van der Waals surface area (Å²) in [6.45, 7) is 2.86. The summed E-state index contributed by atoms with van der Waals surface area (Å²) in [5, 5.41) is 1.41. The van der Waals surface area contributed by atoms with Crippen molar-refractivity contribution in [3.8, 4) is 0 Å². The van der Waals surface area contributed by atoms with E-state index in [0.29, 0.717) is 23.7 Å². The highest BCUT2D eigenvalue weighted by Crippen LogP contribution is 2.21. The van der Waals surface area contributed by atoms with Crippen LogP contribution in [-0.4, -0.2) is 53.2 Å². The summed E-state index contributed by atoms with van der Waals surface area (Å²) in [5.41, 5.74) is 0.679. The summed E-state index contributed by atoms with van der Waals surface area (Å²) in [5.74, 6) is 0.943. The second-order valence-corrected chi connectivity index (χ2v) is 6.41. The minimum atomic E-state index is 0.0474. The van der Waals surface area contributed by atoms with Gasteiger partial charge >= 0.3 is 0 Å². The first-order valence-electron chi connectivity index (χ1n) is 7.34. The third-order valence-electron chi connectivity index (χ3n) is 3.80. The van der Waals surface area contributed by atoms with Crippen molar-refractivity contribution >= 4 is 35.1 Å². The van der Waals surface area contributed by atoms with Gasteiger partial charge in [0.15, 0.2) is 0 Å². The maximum absolute atomic E-state index is 12.7. The molecule has 0 radical (unpaired) electrons. The lowest BCUT2D eigenvalue weighted by Crippen LogP contribution is -2.49. The Bertz CT molecular complexity index is 687. The van der Waals surface area contributed by atoms with Gasteiger partial charge in [0, 0.05) is 38.6 Å². The lowest BCUT2D eigenvalue weighted by atomic mass is 10.2. The molecule has 23 heavy (non-hydrogen) atoms. The third kappa shape index (κ3) is 3.59. The van der Waals surface area contributed by atoms with Crippen LogP contribution in [0, 0.1) is 0 Å². The number of piperazine rings is 1. The van der Waals surface area contributed by atoms with E-state index in [1.165, 1.54) is 11.8 Å². The van der Waals surface area contributed by atoms with Gasteiger partial charge in [-0.25, -0.2) is 9.97 Å².